The second-order valence-corrected chi connectivity index (χ2v) is 5.97. The Morgan fingerprint density at radius 3 is 2.39 bits per heavy atom. The molecule has 0 aliphatic carbocycles. The summed E-state index contributed by atoms with van der Waals surface area (Å²) in [6.07, 6.45) is 1.75. The first-order valence-electron chi connectivity index (χ1n) is 6.39. The fraction of sp³-hybridized carbons (Fsp3) is 0.571. The molecule has 0 radical (unpaired) electrons. The number of halogens is 1. The van der Waals surface area contributed by atoms with Gasteiger partial charge in [0.25, 0.3) is 0 Å². The Hall–Kier alpha value is -0.930. The number of hydrogen-bond donors (Lipinski definition) is 1. The summed E-state index contributed by atoms with van der Waals surface area (Å²) in [6, 6.07) is 0. The number of fused-ring (bicyclic) bond motifs is 2. The Bertz CT molecular complexity index is 476. The molecule has 0 saturated heterocycles. The van der Waals surface area contributed by atoms with E-state index in [4.69, 9.17) is 26.8 Å². The molecule has 1 aromatic carbocycles. The van der Waals surface area contributed by atoms with Crippen molar-refractivity contribution in [1.82, 2.24) is 0 Å². The third-order valence-electron chi connectivity index (χ3n) is 3.93. The van der Waals surface area contributed by atoms with Gasteiger partial charge in [0.1, 0.15) is 11.5 Å². The minimum absolute atomic E-state index is 0.114. The second-order valence-electron chi connectivity index (χ2n) is 5.59. The van der Waals surface area contributed by atoms with E-state index in [2.05, 4.69) is 13.8 Å². The van der Waals surface area contributed by atoms with E-state index in [-0.39, 0.29) is 5.41 Å². The molecule has 0 bridgehead atoms. The minimum atomic E-state index is -0.114. The van der Waals surface area contributed by atoms with E-state index < -0.39 is 0 Å². The van der Waals surface area contributed by atoms with Crippen molar-refractivity contribution in [3.05, 3.63) is 21.7 Å². The summed E-state index contributed by atoms with van der Waals surface area (Å²) in [4.78, 5) is 0. The number of ether oxygens (including phenoxy) is 2. The van der Waals surface area contributed by atoms with Crippen molar-refractivity contribution in [2.75, 3.05) is 19.8 Å². The van der Waals surface area contributed by atoms with Crippen molar-refractivity contribution in [2.45, 2.75) is 32.1 Å². The number of rotatable bonds is 2. The van der Waals surface area contributed by atoms with Crippen LogP contribution in [-0.2, 0) is 18.3 Å². The summed E-state index contributed by atoms with van der Waals surface area (Å²) in [5, 5.41) is 0.742. The predicted molar refractivity (Wildman–Crippen MR) is 71.9 cm³/mol. The molecule has 2 aliphatic rings. The fourth-order valence-corrected chi connectivity index (χ4v) is 3.22. The Balaban J connectivity index is 2.31. The Labute approximate surface area is 112 Å². The predicted octanol–water partition coefficient (Wildman–Crippen LogP) is 2.45. The first-order valence-corrected chi connectivity index (χ1v) is 6.77. The van der Waals surface area contributed by atoms with Gasteiger partial charge in [0, 0.05) is 41.5 Å². The molecule has 2 N–H and O–H groups in total. The SMILES string of the molecule is CC(C)(CN)c1c2c(c(Cl)c3c1OCC3)OCC2. The molecular formula is C14H18ClNO2. The van der Waals surface area contributed by atoms with Crippen molar-refractivity contribution >= 4 is 11.6 Å². The van der Waals surface area contributed by atoms with E-state index in [0.717, 1.165) is 34.9 Å². The number of hydrogen-bond acceptors (Lipinski definition) is 3. The zero-order valence-electron chi connectivity index (χ0n) is 10.8. The lowest BCUT2D eigenvalue weighted by Gasteiger charge is -2.28. The highest BCUT2D eigenvalue weighted by atomic mass is 35.5. The van der Waals surface area contributed by atoms with Crippen molar-refractivity contribution in [2.24, 2.45) is 5.73 Å². The molecule has 0 aromatic heterocycles. The summed E-state index contributed by atoms with van der Waals surface area (Å²) in [6.45, 7) is 6.28. The third-order valence-corrected chi connectivity index (χ3v) is 4.33. The molecule has 1 aromatic rings. The first kappa shape index (κ1) is 12.1. The van der Waals surface area contributed by atoms with E-state index in [0.29, 0.717) is 19.8 Å². The van der Waals surface area contributed by atoms with E-state index >= 15 is 0 Å². The number of benzene rings is 1. The van der Waals surface area contributed by atoms with Crippen molar-refractivity contribution in [1.29, 1.82) is 0 Å². The van der Waals surface area contributed by atoms with Crippen molar-refractivity contribution < 1.29 is 9.47 Å². The van der Waals surface area contributed by atoms with Crippen LogP contribution in [0.1, 0.15) is 30.5 Å². The third kappa shape index (κ3) is 1.54. The smallest absolute Gasteiger partial charge is 0.142 e. The summed E-state index contributed by atoms with van der Waals surface area (Å²) < 4.78 is 11.5. The maximum atomic E-state index is 6.43. The lowest BCUT2D eigenvalue weighted by atomic mass is 9.79. The molecule has 98 valence electrons. The van der Waals surface area contributed by atoms with Crippen LogP contribution in [0, 0.1) is 0 Å². The summed E-state index contributed by atoms with van der Waals surface area (Å²) >= 11 is 6.43. The standard InChI is InChI=1S/C14H18ClNO2/c1-14(2,7-16)10-8-3-5-18-13(8)11(15)9-4-6-17-12(9)10/h3-7,16H2,1-2H3. The summed E-state index contributed by atoms with van der Waals surface area (Å²) in [7, 11) is 0. The van der Waals surface area contributed by atoms with Gasteiger partial charge in [0.15, 0.2) is 0 Å². The molecule has 2 heterocycles. The number of nitrogens with two attached hydrogens (primary N) is 1. The molecule has 18 heavy (non-hydrogen) atoms. The van der Waals surface area contributed by atoms with Crippen LogP contribution in [0.5, 0.6) is 11.5 Å². The van der Waals surface area contributed by atoms with Crippen LogP contribution < -0.4 is 15.2 Å². The maximum absolute atomic E-state index is 6.43. The zero-order valence-corrected chi connectivity index (χ0v) is 11.6. The highest BCUT2D eigenvalue weighted by Crippen LogP contribution is 2.50. The van der Waals surface area contributed by atoms with Gasteiger partial charge in [-0.3, -0.25) is 0 Å². The summed E-state index contributed by atoms with van der Waals surface area (Å²) in [5.41, 5.74) is 9.31. The Kier molecular flexibility index (Phi) is 2.72. The van der Waals surface area contributed by atoms with Gasteiger partial charge in [-0.2, -0.15) is 0 Å². The Morgan fingerprint density at radius 2 is 1.72 bits per heavy atom. The highest BCUT2D eigenvalue weighted by molar-refractivity contribution is 6.33. The van der Waals surface area contributed by atoms with Gasteiger partial charge in [0.2, 0.25) is 0 Å². The quantitative estimate of drug-likeness (QED) is 0.895. The minimum Gasteiger partial charge on any atom is -0.493 e. The molecule has 0 amide bonds. The molecule has 0 unspecified atom stereocenters. The molecule has 2 aliphatic heterocycles. The van der Waals surface area contributed by atoms with E-state index in [1.54, 1.807) is 0 Å². The van der Waals surface area contributed by atoms with Gasteiger partial charge in [-0.15, -0.1) is 0 Å². The normalized spacial score (nSPS) is 17.1. The van der Waals surface area contributed by atoms with E-state index in [9.17, 15) is 0 Å². The molecule has 0 saturated carbocycles. The van der Waals surface area contributed by atoms with Gasteiger partial charge in [-0.05, 0) is 0 Å². The lowest BCUT2D eigenvalue weighted by Crippen LogP contribution is -2.29. The molecular weight excluding hydrogens is 250 g/mol. The molecule has 0 fully saturated rings. The van der Waals surface area contributed by atoms with Gasteiger partial charge in [0.05, 0.1) is 18.2 Å². The van der Waals surface area contributed by atoms with Crippen molar-refractivity contribution in [3.8, 4) is 11.5 Å². The second kappa shape index (κ2) is 4.04. The lowest BCUT2D eigenvalue weighted by molar-refractivity contribution is 0.344. The first-order chi connectivity index (χ1) is 8.56. The van der Waals surface area contributed by atoms with Crippen LogP contribution in [0.25, 0.3) is 0 Å². The topological polar surface area (TPSA) is 44.5 Å². The van der Waals surface area contributed by atoms with Crippen LogP contribution in [0.3, 0.4) is 0 Å². The molecule has 3 nitrogen and oxygen atoms in total. The molecule has 0 atom stereocenters. The van der Waals surface area contributed by atoms with E-state index in [1.807, 2.05) is 0 Å². The van der Waals surface area contributed by atoms with Gasteiger partial charge < -0.3 is 15.2 Å². The maximum Gasteiger partial charge on any atom is 0.142 e. The molecule has 3 rings (SSSR count). The highest BCUT2D eigenvalue weighted by Gasteiger charge is 2.36. The van der Waals surface area contributed by atoms with Gasteiger partial charge in [-0.25, -0.2) is 0 Å². The van der Waals surface area contributed by atoms with Crippen LogP contribution in [0.15, 0.2) is 0 Å². The van der Waals surface area contributed by atoms with Crippen LogP contribution in [-0.4, -0.2) is 19.8 Å². The fourth-order valence-electron chi connectivity index (χ4n) is 2.87. The molecule has 0 spiro atoms. The molecule has 4 heteroatoms. The largest absolute Gasteiger partial charge is 0.493 e. The van der Waals surface area contributed by atoms with Gasteiger partial charge in [-0.1, -0.05) is 25.4 Å². The van der Waals surface area contributed by atoms with Crippen LogP contribution >= 0.6 is 11.6 Å². The summed E-state index contributed by atoms with van der Waals surface area (Å²) in [5.74, 6) is 1.82. The van der Waals surface area contributed by atoms with Gasteiger partial charge >= 0.3 is 0 Å². The average Bonchev–Trinajstić information content (AvgIpc) is 2.97. The zero-order chi connectivity index (χ0) is 12.9. The van der Waals surface area contributed by atoms with Crippen LogP contribution in [0.2, 0.25) is 5.02 Å². The van der Waals surface area contributed by atoms with Crippen LogP contribution in [0.4, 0.5) is 0 Å². The Morgan fingerprint density at radius 1 is 1.11 bits per heavy atom. The average molecular weight is 268 g/mol. The van der Waals surface area contributed by atoms with E-state index in [1.165, 1.54) is 11.1 Å². The monoisotopic (exact) mass is 267 g/mol. The van der Waals surface area contributed by atoms with Crippen molar-refractivity contribution in [3.63, 3.8) is 0 Å².